The van der Waals surface area contributed by atoms with Crippen molar-refractivity contribution in [2.24, 2.45) is 0 Å². The molecule has 22 heavy (non-hydrogen) atoms. The van der Waals surface area contributed by atoms with Crippen LogP contribution in [-0.2, 0) is 4.74 Å². The number of pyridine rings is 1. The van der Waals surface area contributed by atoms with Crippen LogP contribution in [-0.4, -0.2) is 49.9 Å². The molecule has 0 radical (unpaired) electrons. The normalized spacial score (nSPS) is 18.8. The minimum atomic E-state index is 0.0156. The molecular formula is C14H15N7O. The van der Waals surface area contributed by atoms with E-state index in [4.69, 9.17) is 4.74 Å². The van der Waals surface area contributed by atoms with Crippen molar-refractivity contribution in [1.82, 2.24) is 30.2 Å². The van der Waals surface area contributed by atoms with Gasteiger partial charge in [-0.1, -0.05) is 0 Å². The van der Waals surface area contributed by atoms with Crippen molar-refractivity contribution in [1.29, 1.82) is 0 Å². The number of rotatable bonds is 2. The molecule has 0 bridgehead atoms. The molecule has 4 heterocycles. The molecule has 3 aromatic rings. The van der Waals surface area contributed by atoms with E-state index in [1.807, 2.05) is 31.3 Å². The van der Waals surface area contributed by atoms with Crippen molar-refractivity contribution in [3.63, 3.8) is 0 Å². The van der Waals surface area contributed by atoms with Gasteiger partial charge in [-0.2, -0.15) is 0 Å². The highest BCUT2D eigenvalue weighted by Crippen LogP contribution is 2.25. The molecule has 8 heteroatoms. The first-order valence-corrected chi connectivity index (χ1v) is 7.14. The first kappa shape index (κ1) is 13.1. The van der Waals surface area contributed by atoms with Crippen molar-refractivity contribution >= 4 is 11.5 Å². The van der Waals surface area contributed by atoms with Gasteiger partial charge in [0.25, 0.3) is 0 Å². The second-order valence-electron chi connectivity index (χ2n) is 5.25. The number of anilines is 1. The topological polar surface area (TPSA) is 81.3 Å². The summed E-state index contributed by atoms with van der Waals surface area (Å²) in [7, 11) is 0. The van der Waals surface area contributed by atoms with E-state index in [9.17, 15) is 0 Å². The molecule has 0 saturated carbocycles. The maximum absolute atomic E-state index is 5.90. The summed E-state index contributed by atoms with van der Waals surface area (Å²) in [6.45, 7) is 4.17. The third-order valence-electron chi connectivity index (χ3n) is 3.74. The van der Waals surface area contributed by atoms with Gasteiger partial charge in [0.05, 0.1) is 6.61 Å². The molecule has 0 aromatic carbocycles. The zero-order valence-electron chi connectivity index (χ0n) is 12.1. The SMILES string of the molecule is Cc1cc(C2CN(c3ccc4nnnn4n3)CCO2)ccn1. The van der Waals surface area contributed by atoms with Gasteiger partial charge in [0.1, 0.15) is 6.10 Å². The fourth-order valence-corrected chi connectivity index (χ4v) is 2.64. The maximum atomic E-state index is 5.90. The van der Waals surface area contributed by atoms with Crippen molar-refractivity contribution in [3.05, 3.63) is 41.7 Å². The average Bonchev–Trinajstić information content (AvgIpc) is 3.02. The number of fused-ring (bicyclic) bond motifs is 1. The highest BCUT2D eigenvalue weighted by atomic mass is 16.5. The van der Waals surface area contributed by atoms with Gasteiger partial charge >= 0.3 is 0 Å². The molecule has 1 fully saturated rings. The molecule has 1 saturated heterocycles. The maximum Gasteiger partial charge on any atom is 0.200 e. The van der Waals surface area contributed by atoms with Crippen LogP contribution in [0.25, 0.3) is 5.65 Å². The van der Waals surface area contributed by atoms with Gasteiger partial charge in [-0.3, -0.25) is 4.98 Å². The number of nitrogens with zero attached hydrogens (tertiary/aromatic N) is 7. The van der Waals surface area contributed by atoms with Crippen LogP contribution in [0.15, 0.2) is 30.5 Å². The van der Waals surface area contributed by atoms with Crippen LogP contribution >= 0.6 is 0 Å². The first-order valence-electron chi connectivity index (χ1n) is 7.14. The largest absolute Gasteiger partial charge is 0.370 e. The summed E-state index contributed by atoms with van der Waals surface area (Å²) in [4.78, 5) is 6.42. The summed E-state index contributed by atoms with van der Waals surface area (Å²) in [5.74, 6) is 0.846. The Morgan fingerprint density at radius 2 is 2.23 bits per heavy atom. The Hall–Kier alpha value is -2.61. The van der Waals surface area contributed by atoms with Gasteiger partial charge in [0, 0.05) is 25.0 Å². The molecule has 1 atom stereocenters. The van der Waals surface area contributed by atoms with Gasteiger partial charge in [-0.25, -0.2) is 0 Å². The molecule has 1 aliphatic heterocycles. The number of ether oxygens (including phenoxy) is 1. The predicted molar refractivity (Wildman–Crippen MR) is 78.5 cm³/mol. The summed E-state index contributed by atoms with van der Waals surface area (Å²) < 4.78 is 7.34. The van der Waals surface area contributed by atoms with Crippen LogP contribution in [0.2, 0.25) is 0 Å². The molecule has 0 amide bonds. The Morgan fingerprint density at radius 1 is 1.27 bits per heavy atom. The van der Waals surface area contributed by atoms with E-state index in [1.54, 1.807) is 0 Å². The standard InChI is InChI=1S/C14H15N7O/c1-10-8-11(4-5-15-10)12-9-20(6-7-22-12)14-3-2-13-16-18-19-21(13)17-14/h2-5,8,12H,6-7,9H2,1H3. The van der Waals surface area contributed by atoms with Gasteiger partial charge in [-0.15, -0.1) is 14.8 Å². The minimum Gasteiger partial charge on any atom is -0.370 e. The molecule has 112 valence electrons. The number of morpholine rings is 1. The number of aryl methyl sites for hydroxylation is 1. The highest BCUT2D eigenvalue weighted by Gasteiger charge is 2.23. The Morgan fingerprint density at radius 3 is 3.14 bits per heavy atom. The van der Waals surface area contributed by atoms with Crippen LogP contribution in [0.4, 0.5) is 5.82 Å². The van der Waals surface area contributed by atoms with Crippen LogP contribution in [0, 0.1) is 6.92 Å². The lowest BCUT2D eigenvalue weighted by Crippen LogP contribution is -2.39. The van der Waals surface area contributed by atoms with E-state index in [0.717, 1.165) is 30.2 Å². The van der Waals surface area contributed by atoms with E-state index >= 15 is 0 Å². The van der Waals surface area contributed by atoms with Crippen molar-refractivity contribution < 1.29 is 4.74 Å². The van der Waals surface area contributed by atoms with Crippen molar-refractivity contribution in [2.75, 3.05) is 24.6 Å². The number of hydrogen-bond donors (Lipinski definition) is 0. The van der Waals surface area contributed by atoms with E-state index in [1.165, 1.54) is 4.63 Å². The summed E-state index contributed by atoms with van der Waals surface area (Å²) >= 11 is 0. The van der Waals surface area contributed by atoms with E-state index in [0.29, 0.717) is 12.3 Å². The fourth-order valence-electron chi connectivity index (χ4n) is 2.64. The number of tetrazole rings is 1. The highest BCUT2D eigenvalue weighted by molar-refractivity contribution is 5.45. The lowest BCUT2D eigenvalue weighted by atomic mass is 10.1. The second-order valence-corrected chi connectivity index (χ2v) is 5.25. The fraction of sp³-hybridized carbons (Fsp3) is 0.357. The third kappa shape index (κ3) is 2.37. The average molecular weight is 297 g/mol. The molecule has 0 aliphatic carbocycles. The minimum absolute atomic E-state index is 0.0156. The van der Waals surface area contributed by atoms with Gasteiger partial charge in [-0.05, 0) is 47.2 Å². The van der Waals surface area contributed by atoms with Gasteiger partial charge in [0.15, 0.2) is 11.5 Å². The Kier molecular flexibility index (Phi) is 3.15. The summed E-state index contributed by atoms with van der Waals surface area (Å²) in [6, 6.07) is 7.86. The first-order chi connectivity index (χ1) is 10.8. The Labute approximate surface area is 126 Å². The lowest BCUT2D eigenvalue weighted by molar-refractivity contribution is 0.0393. The molecule has 1 aliphatic rings. The third-order valence-corrected chi connectivity index (χ3v) is 3.74. The van der Waals surface area contributed by atoms with Crippen molar-refractivity contribution in [2.45, 2.75) is 13.0 Å². The van der Waals surface area contributed by atoms with Crippen LogP contribution in [0.1, 0.15) is 17.4 Å². The Balaban J connectivity index is 1.60. The molecule has 3 aromatic heterocycles. The number of aromatic nitrogens is 6. The zero-order chi connectivity index (χ0) is 14.9. The number of hydrogen-bond acceptors (Lipinski definition) is 7. The second kappa shape index (κ2) is 5.30. The lowest BCUT2D eigenvalue weighted by Gasteiger charge is -2.33. The molecule has 1 unspecified atom stereocenters. The molecule has 0 spiro atoms. The predicted octanol–water partition coefficient (Wildman–Crippen LogP) is 0.801. The monoisotopic (exact) mass is 297 g/mol. The molecule has 8 nitrogen and oxygen atoms in total. The van der Waals surface area contributed by atoms with Crippen LogP contribution < -0.4 is 4.90 Å². The van der Waals surface area contributed by atoms with Gasteiger partial charge < -0.3 is 9.64 Å². The summed E-state index contributed by atoms with van der Waals surface area (Å²) in [5.41, 5.74) is 2.77. The van der Waals surface area contributed by atoms with Gasteiger partial charge in [0.2, 0.25) is 0 Å². The van der Waals surface area contributed by atoms with E-state index < -0.39 is 0 Å². The smallest absolute Gasteiger partial charge is 0.200 e. The van der Waals surface area contributed by atoms with E-state index in [2.05, 4.69) is 36.6 Å². The molecular weight excluding hydrogens is 282 g/mol. The van der Waals surface area contributed by atoms with Crippen LogP contribution in [0.3, 0.4) is 0 Å². The van der Waals surface area contributed by atoms with Crippen molar-refractivity contribution in [3.8, 4) is 0 Å². The zero-order valence-corrected chi connectivity index (χ0v) is 12.1. The Bertz CT molecular complexity index is 802. The summed E-state index contributed by atoms with van der Waals surface area (Å²) in [6.07, 6.45) is 1.83. The summed E-state index contributed by atoms with van der Waals surface area (Å²) in [5, 5.41) is 15.8. The van der Waals surface area contributed by atoms with E-state index in [-0.39, 0.29) is 6.10 Å². The molecule has 0 N–H and O–H groups in total. The molecule has 4 rings (SSSR count). The van der Waals surface area contributed by atoms with Crippen LogP contribution in [0.5, 0.6) is 0 Å². The quantitative estimate of drug-likeness (QED) is 0.692.